The Morgan fingerprint density at radius 2 is 2.05 bits per heavy atom. The lowest BCUT2D eigenvalue weighted by Crippen LogP contribution is -2.13. The molecule has 0 bridgehead atoms. The Morgan fingerprint density at radius 1 is 1.26 bits per heavy atom. The second-order valence-electron chi connectivity index (χ2n) is 4.50. The van der Waals surface area contributed by atoms with E-state index in [0.29, 0.717) is 5.95 Å². The number of aryl methyl sites for hydroxylation is 1. The average molecular weight is 253 g/mol. The van der Waals surface area contributed by atoms with Gasteiger partial charge in [-0.15, -0.1) is 6.58 Å². The SMILES string of the molecule is C=CCCC(Nc1nccc(C)n1)c1ccccc1. The lowest BCUT2D eigenvalue weighted by molar-refractivity contribution is 0.696. The summed E-state index contributed by atoms with van der Waals surface area (Å²) in [5.41, 5.74) is 2.21. The van der Waals surface area contributed by atoms with Crippen molar-refractivity contribution in [2.45, 2.75) is 25.8 Å². The van der Waals surface area contributed by atoms with Crippen molar-refractivity contribution in [3.05, 3.63) is 66.5 Å². The van der Waals surface area contributed by atoms with E-state index in [2.05, 4.69) is 46.1 Å². The van der Waals surface area contributed by atoms with Crippen LogP contribution in [0, 0.1) is 6.92 Å². The fourth-order valence-electron chi connectivity index (χ4n) is 1.97. The third-order valence-corrected chi connectivity index (χ3v) is 2.96. The summed E-state index contributed by atoms with van der Waals surface area (Å²) in [6.07, 6.45) is 5.65. The molecule has 19 heavy (non-hydrogen) atoms. The van der Waals surface area contributed by atoms with E-state index >= 15 is 0 Å². The van der Waals surface area contributed by atoms with Gasteiger partial charge in [0.05, 0.1) is 6.04 Å². The Hall–Kier alpha value is -2.16. The van der Waals surface area contributed by atoms with Crippen LogP contribution in [-0.4, -0.2) is 9.97 Å². The number of hydrogen-bond acceptors (Lipinski definition) is 3. The van der Waals surface area contributed by atoms with Gasteiger partial charge in [0.2, 0.25) is 5.95 Å². The molecule has 1 atom stereocenters. The van der Waals surface area contributed by atoms with Crippen molar-refractivity contribution >= 4 is 5.95 Å². The molecule has 1 aromatic carbocycles. The van der Waals surface area contributed by atoms with Crippen LogP contribution >= 0.6 is 0 Å². The molecule has 0 saturated heterocycles. The molecule has 0 amide bonds. The van der Waals surface area contributed by atoms with E-state index < -0.39 is 0 Å². The van der Waals surface area contributed by atoms with Gasteiger partial charge in [0.15, 0.2) is 0 Å². The molecule has 0 spiro atoms. The molecular formula is C16H19N3. The van der Waals surface area contributed by atoms with E-state index in [4.69, 9.17) is 0 Å². The van der Waals surface area contributed by atoms with Crippen LogP contribution in [0.2, 0.25) is 0 Å². The van der Waals surface area contributed by atoms with Crippen molar-refractivity contribution in [3.63, 3.8) is 0 Å². The monoisotopic (exact) mass is 253 g/mol. The maximum atomic E-state index is 4.40. The van der Waals surface area contributed by atoms with Gasteiger partial charge in [0.25, 0.3) is 0 Å². The zero-order valence-corrected chi connectivity index (χ0v) is 11.2. The molecule has 1 N–H and O–H groups in total. The lowest BCUT2D eigenvalue weighted by Gasteiger charge is -2.18. The highest BCUT2D eigenvalue weighted by molar-refractivity contribution is 5.32. The first-order valence-corrected chi connectivity index (χ1v) is 6.51. The minimum Gasteiger partial charge on any atom is -0.347 e. The first kappa shape index (κ1) is 13.3. The molecule has 0 aliphatic rings. The number of hydrogen-bond donors (Lipinski definition) is 1. The first-order valence-electron chi connectivity index (χ1n) is 6.51. The molecule has 0 aliphatic heterocycles. The van der Waals surface area contributed by atoms with Crippen molar-refractivity contribution in [1.82, 2.24) is 9.97 Å². The van der Waals surface area contributed by atoms with Crippen LogP contribution in [-0.2, 0) is 0 Å². The molecular weight excluding hydrogens is 234 g/mol. The van der Waals surface area contributed by atoms with Crippen LogP contribution < -0.4 is 5.32 Å². The van der Waals surface area contributed by atoms with Gasteiger partial charge in [-0.25, -0.2) is 9.97 Å². The lowest BCUT2D eigenvalue weighted by atomic mass is 10.0. The highest BCUT2D eigenvalue weighted by Crippen LogP contribution is 2.22. The van der Waals surface area contributed by atoms with Crippen LogP contribution in [0.3, 0.4) is 0 Å². The Kier molecular flexibility index (Phi) is 4.67. The zero-order chi connectivity index (χ0) is 13.5. The molecule has 1 heterocycles. The highest BCUT2D eigenvalue weighted by atomic mass is 15.1. The third kappa shape index (κ3) is 3.91. The summed E-state index contributed by atoms with van der Waals surface area (Å²) in [5.74, 6) is 0.679. The molecule has 0 fully saturated rings. The quantitative estimate of drug-likeness (QED) is 0.793. The predicted molar refractivity (Wildman–Crippen MR) is 79.0 cm³/mol. The molecule has 3 nitrogen and oxygen atoms in total. The molecule has 1 aromatic heterocycles. The molecule has 0 aliphatic carbocycles. The third-order valence-electron chi connectivity index (χ3n) is 2.96. The highest BCUT2D eigenvalue weighted by Gasteiger charge is 2.11. The summed E-state index contributed by atoms with van der Waals surface area (Å²) in [6, 6.07) is 12.5. The van der Waals surface area contributed by atoms with Crippen LogP contribution in [0.4, 0.5) is 5.95 Å². The zero-order valence-electron chi connectivity index (χ0n) is 11.2. The summed E-state index contributed by atoms with van der Waals surface area (Å²) in [7, 11) is 0. The van der Waals surface area contributed by atoms with E-state index in [1.54, 1.807) is 6.20 Å². The Morgan fingerprint density at radius 3 is 2.74 bits per heavy atom. The summed E-state index contributed by atoms with van der Waals surface area (Å²) < 4.78 is 0. The fourth-order valence-corrected chi connectivity index (χ4v) is 1.97. The van der Waals surface area contributed by atoms with Gasteiger partial charge in [0.1, 0.15) is 0 Å². The smallest absolute Gasteiger partial charge is 0.223 e. The number of nitrogens with zero attached hydrogens (tertiary/aromatic N) is 2. The molecule has 1 unspecified atom stereocenters. The van der Waals surface area contributed by atoms with E-state index in [1.807, 2.05) is 25.1 Å². The topological polar surface area (TPSA) is 37.8 Å². The van der Waals surface area contributed by atoms with Crippen LogP contribution in [0.1, 0.15) is 30.1 Å². The number of benzene rings is 1. The number of anilines is 1. The molecule has 2 aromatic rings. The second-order valence-corrected chi connectivity index (χ2v) is 4.50. The van der Waals surface area contributed by atoms with Crippen molar-refractivity contribution in [2.75, 3.05) is 5.32 Å². The van der Waals surface area contributed by atoms with Crippen LogP contribution in [0.5, 0.6) is 0 Å². The minimum absolute atomic E-state index is 0.209. The van der Waals surface area contributed by atoms with Gasteiger partial charge in [-0.05, 0) is 31.4 Å². The van der Waals surface area contributed by atoms with Crippen LogP contribution in [0.15, 0.2) is 55.3 Å². The minimum atomic E-state index is 0.209. The Labute approximate surface area is 114 Å². The van der Waals surface area contributed by atoms with Crippen LogP contribution in [0.25, 0.3) is 0 Å². The maximum Gasteiger partial charge on any atom is 0.223 e. The van der Waals surface area contributed by atoms with Gasteiger partial charge in [-0.2, -0.15) is 0 Å². The van der Waals surface area contributed by atoms with E-state index in [9.17, 15) is 0 Å². The Bertz CT molecular complexity index is 523. The van der Waals surface area contributed by atoms with Gasteiger partial charge >= 0.3 is 0 Å². The maximum absolute atomic E-state index is 4.40. The largest absolute Gasteiger partial charge is 0.347 e. The standard InChI is InChI=1S/C16H19N3/c1-3-4-10-15(14-8-6-5-7-9-14)19-16-17-12-11-13(2)18-16/h3,5-9,11-12,15H,1,4,10H2,2H3,(H,17,18,19). The molecule has 0 saturated carbocycles. The first-order chi connectivity index (χ1) is 9.29. The van der Waals surface area contributed by atoms with Crippen molar-refractivity contribution in [3.8, 4) is 0 Å². The number of nitrogens with one attached hydrogen (secondary N) is 1. The second kappa shape index (κ2) is 6.69. The molecule has 2 rings (SSSR count). The number of allylic oxidation sites excluding steroid dienone is 1. The number of rotatable bonds is 6. The Balaban J connectivity index is 2.16. The van der Waals surface area contributed by atoms with Gasteiger partial charge in [-0.1, -0.05) is 36.4 Å². The van der Waals surface area contributed by atoms with Crippen molar-refractivity contribution < 1.29 is 0 Å². The summed E-state index contributed by atoms with van der Waals surface area (Å²) in [5, 5.41) is 3.40. The van der Waals surface area contributed by atoms with Gasteiger partial charge in [0, 0.05) is 11.9 Å². The van der Waals surface area contributed by atoms with E-state index in [-0.39, 0.29) is 6.04 Å². The van der Waals surface area contributed by atoms with Crippen molar-refractivity contribution in [1.29, 1.82) is 0 Å². The number of aromatic nitrogens is 2. The molecule has 98 valence electrons. The molecule has 3 heteroatoms. The molecule has 0 radical (unpaired) electrons. The normalized spacial score (nSPS) is 11.8. The average Bonchev–Trinajstić information content (AvgIpc) is 2.44. The van der Waals surface area contributed by atoms with E-state index in [0.717, 1.165) is 18.5 Å². The van der Waals surface area contributed by atoms with Crippen molar-refractivity contribution in [2.24, 2.45) is 0 Å². The summed E-state index contributed by atoms with van der Waals surface area (Å²) in [4.78, 5) is 8.66. The summed E-state index contributed by atoms with van der Waals surface area (Å²) in [6.45, 7) is 5.75. The van der Waals surface area contributed by atoms with E-state index in [1.165, 1.54) is 5.56 Å². The fraction of sp³-hybridized carbons (Fsp3) is 0.250. The van der Waals surface area contributed by atoms with Gasteiger partial charge in [-0.3, -0.25) is 0 Å². The predicted octanol–water partition coefficient (Wildman–Crippen LogP) is 3.90. The summed E-state index contributed by atoms with van der Waals surface area (Å²) >= 11 is 0. The van der Waals surface area contributed by atoms with Gasteiger partial charge < -0.3 is 5.32 Å².